The first-order chi connectivity index (χ1) is 12.9. The molecule has 0 spiro atoms. The first-order valence-corrected chi connectivity index (χ1v) is 7.70. The molecule has 0 atom stereocenters. The Balaban J connectivity index is 1.60. The maximum absolute atomic E-state index is 12.1. The van der Waals surface area contributed by atoms with E-state index in [-0.39, 0.29) is 11.3 Å². The van der Waals surface area contributed by atoms with E-state index in [2.05, 4.69) is 21.0 Å². The number of hydrogen-bond acceptors (Lipinski definition) is 7. The van der Waals surface area contributed by atoms with Crippen molar-refractivity contribution in [3.8, 4) is 11.5 Å². The molecule has 3 aromatic rings. The van der Waals surface area contributed by atoms with Gasteiger partial charge < -0.3 is 4.52 Å². The number of nitro benzene ring substituents is 1. The summed E-state index contributed by atoms with van der Waals surface area (Å²) in [7, 11) is 0. The van der Waals surface area contributed by atoms with Crippen molar-refractivity contribution in [2.24, 2.45) is 0 Å². The van der Waals surface area contributed by atoms with Gasteiger partial charge in [-0.1, -0.05) is 5.16 Å². The zero-order valence-electron chi connectivity index (χ0n) is 14.0. The van der Waals surface area contributed by atoms with E-state index in [4.69, 9.17) is 4.52 Å². The fourth-order valence-electron chi connectivity index (χ4n) is 2.17. The van der Waals surface area contributed by atoms with Gasteiger partial charge in [-0.3, -0.25) is 30.6 Å². The van der Waals surface area contributed by atoms with Crippen LogP contribution in [0.4, 0.5) is 5.69 Å². The number of rotatable bonds is 4. The van der Waals surface area contributed by atoms with Crippen molar-refractivity contribution in [3.63, 3.8) is 0 Å². The molecule has 2 N–H and O–H groups in total. The van der Waals surface area contributed by atoms with E-state index in [0.29, 0.717) is 22.8 Å². The zero-order chi connectivity index (χ0) is 19.4. The van der Waals surface area contributed by atoms with Gasteiger partial charge in [0.1, 0.15) is 0 Å². The average Bonchev–Trinajstić information content (AvgIpc) is 3.12. The lowest BCUT2D eigenvalue weighted by Crippen LogP contribution is -2.41. The highest BCUT2D eigenvalue weighted by atomic mass is 16.6. The van der Waals surface area contributed by atoms with Gasteiger partial charge in [-0.05, 0) is 43.3 Å². The smallest absolute Gasteiger partial charge is 0.269 e. The monoisotopic (exact) mass is 367 g/mol. The lowest BCUT2D eigenvalue weighted by atomic mass is 10.1. The molecule has 2 amide bonds. The topological polar surface area (TPSA) is 140 Å². The molecule has 1 aromatic heterocycles. The number of nitro groups is 1. The van der Waals surface area contributed by atoms with E-state index in [1.165, 1.54) is 24.3 Å². The lowest BCUT2D eigenvalue weighted by molar-refractivity contribution is -0.384. The van der Waals surface area contributed by atoms with Gasteiger partial charge in [-0.2, -0.15) is 4.98 Å². The molecule has 136 valence electrons. The quantitative estimate of drug-likeness (QED) is 0.531. The van der Waals surface area contributed by atoms with E-state index in [1.54, 1.807) is 31.2 Å². The Labute approximate surface area is 152 Å². The molecule has 10 nitrogen and oxygen atoms in total. The van der Waals surface area contributed by atoms with Crippen LogP contribution in [-0.4, -0.2) is 26.9 Å². The fraction of sp³-hybridized carbons (Fsp3) is 0.0588. The Hall–Kier alpha value is -4.08. The normalized spacial score (nSPS) is 10.3. The molecular formula is C17H13N5O5. The van der Waals surface area contributed by atoms with Crippen LogP contribution in [0.25, 0.3) is 11.5 Å². The molecule has 0 aliphatic rings. The highest BCUT2D eigenvalue weighted by molar-refractivity contribution is 5.99. The molecule has 3 rings (SSSR count). The van der Waals surface area contributed by atoms with Crippen molar-refractivity contribution in [1.82, 2.24) is 21.0 Å². The summed E-state index contributed by atoms with van der Waals surface area (Å²) in [5, 5.41) is 14.3. The zero-order valence-corrected chi connectivity index (χ0v) is 14.0. The number of carbonyl (C=O) groups excluding carboxylic acids is 2. The number of hydrazine groups is 1. The van der Waals surface area contributed by atoms with Gasteiger partial charge in [0.25, 0.3) is 23.4 Å². The summed E-state index contributed by atoms with van der Waals surface area (Å²) >= 11 is 0. The van der Waals surface area contributed by atoms with Crippen molar-refractivity contribution >= 4 is 17.5 Å². The van der Waals surface area contributed by atoms with Gasteiger partial charge in [0.2, 0.25) is 0 Å². The molecule has 1 heterocycles. The second-order valence-corrected chi connectivity index (χ2v) is 5.44. The average molecular weight is 367 g/mol. The van der Waals surface area contributed by atoms with E-state index < -0.39 is 16.7 Å². The number of hydrogen-bond donors (Lipinski definition) is 2. The van der Waals surface area contributed by atoms with Crippen LogP contribution in [0.3, 0.4) is 0 Å². The van der Waals surface area contributed by atoms with Crippen molar-refractivity contribution in [2.45, 2.75) is 6.92 Å². The largest absolute Gasteiger partial charge is 0.334 e. The summed E-state index contributed by atoms with van der Waals surface area (Å²) in [5.74, 6) is -0.290. The maximum Gasteiger partial charge on any atom is 0.269 e. The molecule has 2 aromatic carbocycles. The molecule has 10 heteroatoms. The molecule has 0 aliphatic heterocycles. The highest BCUT2D eigenvalue weighted by Crippen LogP contribution is 2.17. The summed E-state index contributed by atoms with van der Waals surface area (Å²) in [4.78, 5) is 38.2. The van der Waals surface area contributed by atoms with E-state index in [0.717, 1.165) is 0 Å². The molecule has 0 bridgehead atoms. The van der Waals surface area contributed by atoms with Crippen LogP contribution in [0.5, 0.6) is 0 Å². The van der Waals surface area contributed by atoms with E-state index in [9.17, 15) is 19.7 Å². The minimum absolute atomic E-state index is 0.132. The number of aryl methyl sites for hydroxylation is 1. The van der Waals surface area contributed by atoms with Crippen molar-refractivity contribution in [3.05, 3.63) is 75.6 Å². The SMILES string of the molecule is Cc1noc(-c2ccc(C(=O)NNC(=O)c3ccc([N+](=O)[O-])cc3)cc2)n1. The second-order valence-electron chi connectivity index (χ2n) is 5.44. The number of nitrogens with zero attached hydrogens (tertiary/aromatic N) is 3. The van der Waals surface area contributed by atoms with Gasteiger partial charge >= 0.3 is 0 Å². The molecule has 0 radical (unpaired) electrons. The summed E-state index contributed by atoms with van der Waals surface area (Å²) in [6.45, 7) is 1.70. The van der Waals surface area contributed by atoms with Gasteiger partial charge in [0, 0.05) is 28.8 Å². The van der Waals surface area contributed by atoms with Crippen molar-refractivity contribution < 1.29 is 19.0 Å². The van der Waals surface area contributed by atoms with Crippen LogP contribution in [0.1, 0.15) is 26.5 Å². The third-order valence-corrected chi connectivity index (χ3v) is 3.55. The minimum atomic E-state index is -0.601. The predicted octanol–water partition coefficient (Wildman–Crippen LogP) is 2.03. The number of non-ortho nitro benzene ring substituents is 1. The predicted molar refractivity (Wildman–Crippen MR) is 92.5 cm³/mol. The van der Waals surface area contributed by atoms with Crippen LogP contribution in [0.2, 0.25) is 0 Å². The number of benzene rings is 2. The Morgan fingerprint density at radius 3 is 1.93 bits per heavy atom. The third-order valence-electron chi connectivity index (χ3n) is 3.55. The third kappa shape index (κ3) is 4.12. The summed E-state index contributed by atoms with van der Waals surface area (Å²) in [5.41, 5.74) is 5.52. The Kier molecular flexibility index (Phi) is 4.88. The highest BCUT2D eigenvalue weighted by Gasteiger charge is 2.12. The molecule has 27 heavy (non-hydrogen) atoms. The van der Waals surface area contributed by atoms with Crippen molar-refractivity contribution in [2.75, 3.05) is 0 Å². The lowest BCUT2D eigenvalue weighted by Gasteiger charge is -2.07. The fourth-order valence-corrected chi connectivity index (χ4v) is 2.17. The van der Waals surface area contributed by atoms with Crippen LogP contribution >= 0.6 is 0 Å². The number of amides is 2. The minimum Gasteiger partial charge on any atom is -0.334 e. The number of aromatic nitrogens is 2. The summed E-state index contributed by atoms with van der Waals surface area (Å²) in [6, 6.07) is 11.4. The van der Waals surface area contributed by atoms with E-state index >= 15 is 0 Å². The number of nitrogens with one attached hydrogen (secondary N) is 2. The van der Waals surface area contributed by atoms with E-state index in [1.807, 2.05) is 0 Å². The first-order valence-electron chi connectivity index (χ1n) is 7.70. The molecule has 0 unspecified atom stereocenters. The van der Waals surface area contributed by atoms with Gasteiger partial charge in [-0.15, -0.1) is 0 Å². The van der Waals surface area contributed by atoms with Crippen LogP contribution in [0, 0.1) is 17.0 Å². The Bertz CT molecular complexity index is 995. The van der Waals surface area contributed by atoms with Gasteiger partial charge in [-0.25, -0.2) is 0 Å². The molecule has 0 fully saturated rings. The summed E-state index contributed by atoms with van der Waals surface area (Å²) < 4.78 is 5.04. The van der Waals surface area contributed by atoms with Crippen LogP contribution < -0.4 is 10.9 Å². The van der Waals surface area contributed by atoms with Crippen molar-refractivity contribution in [1.29, 1.82) is 0 Å². The van der Waals surface area contributed by atoms with Crippen LogP contribution in [0.15, 0.2) is 53.1 Å². The second kappa shape index (κ2) is 7.44. The maximum atomic E-state index is 12.1. The molecule has 0 aliphatic carbocycles. The van der Waals surface area contributed by atoms with Gasteiger partial charge in [0.05, 0.1) is 4.92 Å². The van der Waals surface area contributed by atoms with Crippen LogP contribution in [-0.2, 0) is 0 Å². The Morgan fingerprint density at radius 2 is 1.48 bits per heavy atom. The Morgan fingerprint density at radius 1 is 0.963 bits per heavy atom. The van der Waals surface area contributed by atoms with Gasteiger partial charge in [0.15, 0.2) is 5.82 Å². The molecule has 0 saturated heterocycles. The first kappa shape index (κ1) is 17.7. The number of carbonyl (C=O) groups is 2. The standard InChI is InChI=1S/C17H13N5O5/c1-10-18-17(27-21-10)13-4-2-11(3-5-13)15(23)19-20-16(24)12-6-8-14(9-7-12)22(25)26/h2-9H,1H3,(H,19,23)(H,20,24). The summed E-state index contributed by atoms with van der Waals surface area (Å²) in [6.07, 6.45) is 0. The molecular weight excluding hydrogens is 354 g/mol. The molecule has 0 saturated carbocycles.